The van der Waals surface area contributed by atoms with E-state index in [0.717, 1.165) is 11.3 Å². The van der Waals surface area contributed by atoms with Crippen molar-refractivity contribution in [1.82, 2.24) is 0 Å². The van der Waals surface area contributed by atoms with E-state index >= 15 is 0 Å². The normalized spacial score (nSPS) is 12.2. The number of hydrogen-bond acceptors (Lipinski definition) is 2. The van der Waals surface area contributed by atoms with Crippen molar-refractivity contribution in [3.05, 3.63) is 64.4 Å². The molecule has 2 aromatic rings. The minimum atomic E-state index is -0.296. The Labute approximate surface area is 129 Å². The molecule has 21 heavy (non-hydrogen) atoms. The Bertz CT molecular complexity index is 583. The summed E-state index contributed by atoms with van der Waals surface area (Å²) in [4.78, 5) is 0. The van der Waals surface area contributed by atoms with E-state index in [9.17, 15) is 4.39 Å². The smallest absolute Gasteiger partial charge is 0.127 e. The maximum absolute atomic E-state index is 14.0. The Hall–Kier alpha value is -1.58. The molecule has 1 atom stereocenters. The molecule has 4 heteroatoms. The lowest BCUT2D eigenvalue weighted by Crippen LogP contribution is -2.17. The number of hydrogen-bond donors (Lipinski definition) is 1. The molecule has 1 unspecified atom stereocenters. The van der Waals surface area contributed by atoms with Crippen LogP contribution in [0.15, 0.2) is 42.5 Å². The minimum absolute atomic E-state index is 0.0397. The number of ether oxygens (including phenoxy) is 1. The van der Waals surface area contributed by atoms with Gasteiger partial charge in [0, 0.05) is 16.5 Å². The number of nitrogens with two attached hydrogens (primary N) is 1. The van der Waals surface area contributed by atoms with E-state index in [4.69, 9.17) is 22.1 Å². The minimum Gasteiger partial charge on any atom is -0.494 e. The lowest BCUT2D eigenvalue weighted by molar-refractivity contribution is 0.334. The number of rotatable bonds is 6. The first-order valence-electron chi connectivity index (χ1n) is 7.02. The van der Waals surface area contributed by atoms with Crippen molar-refractivity contribution < 1.29 is 9.13 Å². The molecular weight excluding hydrogens is 289 g/mol. The predicted molar refractivity (Wildman–Crippen MR) is 84.5 cm³/mol. The summed E-state index contributed by atoms with van der Waals surface area (Å²) < 4.78 is 19.6. The molecule has 0 fully saturated rings. The standard InChI is InChI=1S/C17H19ClFNO/c1-2-21-17-9-4-3-6-13(17)12(11-20)10-14-15(18)7-5-8-16(14)19/h3-9,12H,2,10-11,20H2,1H3. The monoisotopic (exact) mass is 307 g/mol. The van der Waals surface area contributed by atoms with Gasteiger partial charge in [0.25, 0.3) is 0 Å². The molecule has 112 valence electrons. The van der Waals surface area contributed by atoms with Crippen LogP contribution in [-0.2, 0) is 6.42 Å². The van der Waals surface area contributed by atoms with Crippen LogP contribution < -0.4 is 10.5 Å². The van der Waals surface area contributed by atoms with Gasteiger partial charge in [-0.1, -0.05) is 35.9 Å². The quantitative estimate of drug-likeness (QED) is 0.869. The predicted octanol–water partition coefficient (Wildman–Crippen LogP) is 4.16. The van der Waals surface area contributed by atoms with E-state index < -0.39 is 0 Å². The third kappa shape index (κ3) is 3.74. The van der Waals surface area contributed by atoms with E-state index in [2.05, 4.69) is 0 Å². The highest BCUT2D eigenvalue weighted by molar-refractivity contribution is 6.31. The summed E-state index contributed by atoms with van der Waals surface area (Å²) in [5.74, 6) is 0.458. The highest BCUT2D eigenvalue weighted by Gasteiger charge is 2.18. The molecule has 0 spiro atoms. The molecular formula is C17H19ClFNO. The van der Waals surface area contributed by atoms with Gasteiger partial charge in [0.1, 0.15) is 11.6 Å². The zero-order valence-electron chi connectivity index (χ0n) is 12.0. The summed E-state index contributed by atoms with van der Waals surface area (Å²) >= 11 is 6.11. The Morgan fingerprint density at radius 2 is 1.95 bits per heavy atom. The molecule has 2 aromatic carbocycles. The SMILES string of the molecule is CCOc1ccccc1C(CN)Cc1c(F)cccc1Cl. The van der Waals surface area contributed by atoms with Gasteiger partial charge in [0.15, 0.2) is 0 Å². The van der Waals surface area contributed by atoms with Gasteiger partial charge in [-0.25, -0.2) is 4.39 Å². The summed E-state index contributed by atoms with van der Waals surface area (Å²) in [7, 11) is 0. The van der Waals surface area contributed by atoms with Crippen LogP contribution in [-0.4, -0.2) is 13.2 Å². The maximum atomic E-state index is 14.0. The van der Waals surface area contributed by atoms with Crippen molar-refractivity contribution in [3.8, 4) is 5.75 Å². The summed E-state index contributed by atoms with van der Waals surface area (Å²) in [6.45, 7) is 2.91. The second-order valence-electron chi connectivity index (χ2n) is 4.81. The summed E-state index contributed by atoms with van der Waals surface area (Å²) in [6, 6.07) is 12.4. The van der Waals surface area contributed by atoms with Crippen LogP contribution in [0.1, 0.15) is 24.0 Å². The lowest BCUT2D eigenvalue weighted by Gasteiger charge is -2.20. The average molecular weight is 308 g/mol. The van der Waals surface area contributed by atoms with Crippen molar-refractivity contribution in [3.63, 3.8) is 0 Å². The van der Waals surface area contributed by atoms with Crippen LogP contribution in [0, 0.1) is 5.82 Å². The van der Waals surface area contributed by atoms with Crippen LogP contribution in [0.5, 0.6) is 5.75 Å². The van der Waals surface area contributed by atoms with Crippen molar-refractivity contribution in [1.29, 1.82) is 0 Å². The van der Waals surface area contributed by atoms with Crippen LogP contribution in [0.2, 0.25) is 5.02 Å². The Balaban J connectivity index is 2.32. The molecule has 0 amide bonds. The van der Waals surface area contributed by atoms with Gasteiger partial charge in [-0.05, 0) is 43.7 Å². The molecule has 0 heterocycles. The van der Waals surface area contributed by atoms with Crippen molar-refractivity contribution in [2.45, 2.75) is 19.3 Å². The molecule has 2 rings (SSSR count). The summed E-state index contributed by atoms with van der Waals surface area (Å²) in [5, 5.41) is 0.433. The molecule has 0 aromatic heterocycles. The van der Waals surface area contributed by atoms with Gasteiger partial charge in [0.05, 0.1) is 6.61 Å². The van der Waals surface area contributed by atoms with Crippen molar-refractivity contribution in [2.75, 3.05) is 13.2 Å². The van der Waals surface area contributed by atoms with E-state index in [1.807, 2.05) is 31.2 Å². The largest absolute Gasteiger partial charge is 0.494 e. The van der Waals surface area contributed by atoms with Crippen LogP contribution in [0.25, 0.3) is 0 Å². The number of benzene rings is 2. The first kappa shape index (κ1) is 15.8. The van der Waals surface area contributed by atoms with Crippen LogP contribution >= 0.6 is 11.6 Å². The van der Waals surface area contributed by atoms with Gasteiger partial charge < -0.3 is 10.5 Å². The average Bonchev–Trinajstić information content (AvgIpc) is 2.48. The third-order valence-electron chi connectivity index (χ3n) is 3.46. The second-order valence-corrected chi connectivity index (χ2v) is 5.22. The maximum Gasteiger partial charge on any atom is 0.127 e. The second kappa shape index (κ2) is 7.43. The topological polar surface area (TPSA) is 35.2 Å². The van der Waals surface area contributed by atoms with Gasteiger partial charge >= 0.3 is 0 Å². The first-order chi connectivity index (χ1) is 10.2. The number of halogens is 2. The fourth-order valence-electron chi connectivity index (χ4n) is 2.40. The molecule has 0 aliphatic heterocycles. The zero-order valence-corrected chi connectivity index (χ0v) is 12.7. The highest BCUT2D eigenvalue weighted by atomic mass is 35.5. The van der Waals surface area contributed by atoms with E-state index in [0.29, 0.717) is 30.2 Å². The molecule has 0 radical (unpaired) electrons. The van der Waals surface area contributed by atoms with E-state index in [-0.39, 0.29) is 11.7 Å². The molecule has 0 aliphatic carbocycles. The van der Waals surface area contributed by atoms with Crippen LogP contribution in [0.4, 0.5) is 4.39 Å². The van der Waals surface area contributed by atoms with Gasteiger partial charge in [-0.2, -0.15) is 0 Å². The van der Waals surface area contributed by atoms with Crippen molar-refractivity contribution in [2.24, 2.45) is 5.73 Å². The molecule has 2 N–H and O–H groups in total. The lowest BCUT2D eigenvalue weighted by atomic mass is 9.91. The first-order valence-corrected chi connectivity index (χ1v) is 7.39. The number of para-hydroxylation sites is 1. The highest BCUT2D eigenvalue weighted by Crippen LogP contribution is 2.31. The van der Waals surface area contributed by atoms with Gasteiger partial charge in [-0.3, -0.25) is 0 Å². The van der Waals surface area contributed by atoms with E-state index in [1.54, 1.807) is 12.1 Å². The Morgan fingerprint density at radius 1 is 1.19 bits per heavy atom. The summed E-state index contributed by atoms with van der Waals surface area (Å²) in [6.07, 6.45) is 0.450. The molecule has 0 bridgehead atoms. The fraction of sp³-hybridized carbons (Fsp3) is 0.294. The Morgan fingerprint density at radius 3 is 2.62 bits per heavy atom. The molecule has 0 saturated heterocycles. The fourth-order valence-corrected chi connectivity index (χ4v) is 2.64. The third-order valence-corrected chi connectivity index (χ3v) is 3.81. The molecule has 2 nitrogen and oxygen atoms in total. The molecule has 0 saturated carbocycles. The van der Waals surface area contributed by atoms with Gasteiger partial charge in [0.2, 0.25) is 0 Å². The Kier molecular flexibility index (Phi) is 5.59. The van der Waals surface area contributed by atoms with Gasteiger partial charge in [-0.15, -0.1) is 0 Å². The van der Waals surface area contributed by atoms with E-state index in [1.165, 1.54) is 6.07 Å². The molecule has 0 aliphatic rings. The zero-order chi connectivity index (χ0) is 15.2. The summed E-state index contributed by atoms with van der Waals surface area (Å²) in [5.41, 5.74) is 7.38. The van der Waals surface area contributed by atoms with Crippen molar-refractivity contribution >= 4 is 11.6 Å². The van der Waals surface area contributed by atoms with Crippen LogP contribution in [0.3, 0.4) is 0 Å².